The maximum atomic E-state index is 11.1. The van der Waals surface area contributed by atoms with E-state index in [2.05, 4.69) is 0 Å². The predicted molar refractivity (Wildman–Crippen MR) is 60.8 cm³/mol. The third-order valence-corrected chi connectivity index (χ3v) is 2.43. The highest BCUT2D eigenvalue weighted by Gasteiger charge is 2.19. The lowest BCUT2D eigenvalue weighted by Crippen LogP contribution is -2.25. The fourth-order valence-corrected chi connectivity index (χ4v) is 1.48. The number of carbonyl (C=O) groups is 1. The molecule has 3 nitrogen and oxygen atoms in total. The molecule has 2 atom stereocenters. The molecular weight excluding hydrogens is 216 g/mol. The van der Waals surface area contributed by atoms with Crippen LogP contribution >= 0.6 is 11.6 Å². The van der Waals surface area contributed by atoms with Crippen LogP contribution in [0.15, 0.2) is 12.2 Å². The van der Waals surface area contributed by atoms with Crippen LogP contribution in [0.5, 0.6) is 0 Å². The summed E-state index contributed by atoms with van der Waals surface area (Å²) in [6, 6.07) is 0. The third kappa shape index (κ3) is 5.80. The zero-order valence-electron chi connectivity index (χ0n) is 9.44. The molecule has 0 saturated carbocycles. The fraction of sp³-hybridized carbons (Fsp3) is 0.727. The van der Waals surface area contributed by atoms with Gasteiger partial charge in [-0.25, -0.2) is 4.79 Å². The topological polar surface area (TPSA) is 46.5 Å². The molecule has 4 heteroatoms. The highest BCUT2D eigenvalue weighted by molar-refractivity contribution is 6.18. The molecule has 0 spiro atoms. The Morgan fingerprint density at radius 2 is 2.13 bits per heavy atom. The first-order chi connectivity index (χ1) is 7.02. The molecule has 0 aromatic heterocycles. The summed E-state index contributed by atoms with van der Waals surface area (Å²) in [5.74, 6) is -0.114. The van der Waals surface area contributed by atoms with Crippen molar-refractivity contribution in [3.8, 4) is 0 Å². The van der Waals surface area contributed by atoms with Crippen molar-refractivity contribution in [2.45, 2.75) is 26.9 Å². The van der Waals surface area contributed by atoms with E-state index in [1.54, 1.807) is 13.0 Å². The smallest absolute Gasteiger partial charge is 0.330 e. The largest absolute Gasteiger partial charge is 0.463 e. The minimum absolute atomic E-state index is 0.119. The van der Waals surface area contributed by atoms with Crippen LogP contribution in [0.2, 0.25) is 0 Å². The van der Waals surface area contributed by atoms with Crippen LogP contribution < -0.4 is 0 Å². The molecule has 1 N–H and O–H groups in total. The summed E-state index contributed by atoms with van der Waals surface area (Å²) >= 11 is 5.57. The molecule has 0 bridgehead atoms. The zero-order chi connectivity index (χ0) is 11.8. The lowest BCUT2D eigenvalue weighted by atomic mass is 9.90. The Labute approximate surface area is 96.1 Å². The number of rotatable bonds is 6. The van der Waals surface area contributed by atoms with Gasteiger partial charge in [-0.3, -0.25) is 0 Å². The van der Waals surface area contributed by atoms with Crippen molar-refractivity contribution in [1.82, 2.24) is 0 Å². The molecule has 0 fully saturated rings. The maximum absolute atomic E-state index is 11.1. The number of ether oxygens (including phenoxy) is 1. The molecule has 0 aliphatic rings. The Hall–Kier alpha value is -0.540. The normalized spacial score (nSPS) is 15.6. The van der Waals surface area contributed by atoms with E-state index >= 15 is 0 Å². The van der Waals surface area contributed by atoms with Crippen molar-refractivity contribution in [2.24, 2.45) is 11.8 Å². The van der Waals surface area contributed by atoms with Gasteiger partial charge in [0.2, 0.25) is 0 Å². The molecule has 0 aliphatic carbocycles. The van der Waals surface area contributed by atoms with E-state index < -0.39 is 6.10 Å². The predicted octanol–water partition coefficient (Wildman–Crippen LogP) is 1.98. The van der Waals surface area contributed by atoms with Gasteiger partial charge in [-0.05, 0) is 12.8 Å². The number of esters is 1. The average molecular weight is 235 g/mol. The minimum Gasteiger partial charge on any atom is -0.463 e. The van der Waals surface area contributed by atoms with Crippen LogP contribution in [-0.2, 0) is 9.53 Å². The lowest BCUT2D eigenvalue weighted by molar-refractivity contribution is -0.137. The Morgan fingerprint density at radius 1 is 1.53 bits per heavy atom. The lowest BCUT2D eigenvalue weighted by Gasteiger charge is -2.21. The molecular formula is C11H19ClO3. The summed E-state index contributed by atoms with van der Waals surface area (Å²) in [5, 5.41) is 9.60. The maximum Gasteiger partial charge on any atom is 0.330 e. The van der Waals surface area contributed by atoms with Crippen LogP contribution in [0.4, 0.5) is 0 Å². The van der Waals surface area contributed by atoms with Crippen molar-refractivity contribution >= 4 is 17.6 Å². The second kappa shape index (κ2) is 7.71. The number of hydrogen-bond donors (Lipinski definition) is 1. The molecule has 0 rings (SSSR count). The van der Waals surface area contributed by atoms with Gasteiger partial charge in [0.1, 0.15) is 0 Å². The second-order valence-corrected chi connectivity index (χ2v) is 3.96. The van der Waals surface area contributed by atoms with Gasteiger partial charge in [0.05, 0.1) is 12.7 Å². The molecule has 0 radical (unpaired) electrons. The standard InChI is InChI=1S/C11H19ClO3/c1-4-15-11(14)6-5-9(8(2)3)10(13)7-12/h5-6,8-10,13H,4,7H2,1-3H3/t9-,10-/m0/s1. The van der Waals surface area contributed by atoms with Crippen molar-refractivity contribution in [3.63, 3.8) is 0 Å². The van der Waals surface area contributed by atoms with Gasteiger partial charge in [-0.2, -0.15) is 0 Å². The molecule has 0 aliphatic heterocycles. The number of hydrogen-bond acceptors (Lipinski definition) is 3. The van der Waals surface area contributed by atoms with E-state index in [1.807, 2.05) is 13.8 Å². The molecule has 0 aromatic carbocycles. The molecule has 15 heavy (non-hydrogen) atoms. The SMILES string of the molecule is CCOC(=O)C=C[C@@H](C(C)C)[C@@H](O)CCl. The highest BCUT2D eigenvalue weighted by Crippen LogP contribution is 2.18. The number of alkyl halides is 1. The Balaban J connectivity index is 4.34. The van der Waals surface area contributed by atoms with Crippen LogP contribution in [0.3, 0.4) is 0 Å². The van der Waals surface area contributed by atoms with Gasteiger partial charge in [0, 0.05) is 17.9 Å². The summed E-state index contributed by atoms with van der Waals surface area (Å²) in [7, 11) is 0. The van der Waals surface area contributed by atoms with E-state index in [4.69, 9.17) is 16.3 Å². The number of aliphatic hydroxyl groups excluding tert-OH is 1. The van der Waals surface area contributed by atoms with E-state index in [-0.39, 0.29) is 23.7 Å². The molecule has 0 amide bonds. The van der Waals surface area contributed by atoms with Gasteiger partial charge in [-0.1, -0.05) is 19.9 Å². The van der Waals surface area contributed by atoms with Gasteiger partial charge < -0.3 is 9.84 Å². The van der Waals surface area contributed by atoms with Gasteiger partial charge in [-0.15, -0.1) is 11.6 Å². The monoisotopic (exact) mass is 234 g/mol. The Morgan fingerprint density at radius 3 is 2.53 bits per heavy atom. The van der Waals surface area contributed by atoms with Gasteiger partial charge >= 0.3 is 5.97 Å². The first kappa shape index (κ1) is 14.5. The van der Waals surface area contributed by atoms with Crippen LogP contribution in [0, 0.1) is 11.8 Å². The van der Waals surface area contributed by atoms with Crippen molar-refractivity contribution in [3.05, 3.63) is 12.2 Å². The highest BCUT2D eigenvalue weighted by atomic mass is 35.5. The van der Waals surface area contributed by atoms with E-state index in [9.17, 15) is 9.90 Å². The summed E-state index contributed by atoms with van der Waals surface area (Å²) in [6.07, 6.45) is 2.39. The zero-order valence-corrected chi connectivity index (χ0v) is 10.2. The quantitative estimate of drug-likeness (QED) is 0.434. The fourth-order valence-electron chi connectivity index (χ4n) is 1.28. The number of carbonyl (C=O) groups excluding carboxylic acids is 1. The Bertz CT molecular complexity index is 214. The molecule has 0 unspecified atom stereocenters. The second-order valence-electron chi connectivity index (χ2n) is 3.65. The third-order valence-electron chi connectivity index (χ3n) is 2.11. The van der Waals surface area contributed by atoms with Crippen molar-refractivity contribution in [2.75, 3.05) is 12.5 Å². The Kier molecular flexibility index (Phi) is 7.44. The first-order valence-corrected chi connectivity index (χ1v) is 5.65. The van der Waals surface area contributed by atoms with Crippen molar-refractivity contribution in [1.29, 1.82) is 0 Å². The number of halogens is 1. The van der Waals surface area contributed by atoms with Crippen LogP contribution in [0.1, 0.15) is 20.8 Å². The van der Waals surface area contributed by atoms with Gasteiger partial charge in [0.15, 0.2) is 0 Å². The molecule has 0 aromatic rings. The summed E-state index contributed by atoms with van der Waals surface area (Å²) in [4.78, 5) is 11.1. The minimum atomic E-state index is -0.627. The van der Waals surface area contributed by atoms with Crippen molar-refractivity contribution < 1.29 is 14.6 Å². The summed E-state index contributed by atoms with van der Waals surface area (Å²) in [6.45, 7) is 6.04. The molecule has 0 heterocycles. The van der Waals surface area contributed by atoms with E-state index in [0.29, 0.717) is 6.61 Å². The average Bonchev–Trinajstić information content (AvgIpc) is 2.17. The van der Waals surface area contributed by atoms with Crippen LogP contribution in [0.25, 0.3) is 0 Å². The molecule has 88 valence electrons. The van der Waals surface area contributed by atoms with Crippen LogP contribution in [-0.4, -0.2) is 29.7 Å². The number of aliphatic hydroxyl groups is 1. The van der Waals surface area contributed by atoms with Gasteiger partial charge in [0.25, 0.3) is 0 Å². The van der Waals surface area contributed by atoms with E-state index in [0.717, 1.165) is 0 Å². The first-order valence-electron chi connectivity index (χ1n) is 5.11. The summed E-state index contributed by atoms with van der Waals surface area (Å²) < 4.78 is 4.75. The molecule has 0 saturated heterocycles. The summed E-state index contributed by atoms with van der Waals surface area (Å²) in [5.41, 5.74) is 0. The van der Waals surface area contributed by atoms with E-state index in [1.165, 1.54) is 6.08 Å².